The van der Waals surface area contributed by atoms with E-state index in [0.717, 1.165) is 28.0 Å². The summed E-state index contributed by atoms with van der Waals surface area (Å²) in [4.78, 5) is 7.23. The first-order chi connectivity index (χ1) is 19.3. The number of benzene rings is 4. The van der Waals surface area contributed by atoms with E-state index < -0.39 is 10.0 Å². The molecule has 1 heterocycles. The van der Waals surface area contributed by atoms with E-state index in [-0.39, 0.29) is 4.90 Å². The topological polar surface area (TPSA) is 82.2 Å². The average molecular weight is 550 g/mol. The van der Waals surface area contributed by atoms with Crippen LogP contribution in [0.25, 0.3) is 11.0 Å². The lowest BCUT2D eigenvalue weighted by atomic mass is 10.1. The van der Waals surface area contributed by atoms with E-state index in [1.165, 1.54) is 4.31 Å². The Balaban J connectivity index is 1.59. The molecule has 40 heavy (non-hydrogen) atoms. The molecule has 8 heteroatoms. The molecular weight excluding hydrogens is 518 g/mol. The van der Waals surface area contributed by atoms with Gasteiger partial charge in [0, 0.05) is 26.1 Å². The van der Waals surface area contributed by atoms with E-state index in [4.69, 9.17) is 4.98 Å². The summed E-state index contributed by atoms with van der Waals surface area (Å²) in [5.41, 5.74) is 5.04. The van der Waals surface area contributed by atoms with Crippen molar-refractivity contribution in [2.24, 2.45) is 0 Å². The monoisotopic (exact) mass is 549 g/mol. The molecule has 0 saturated carbocycles. The molecule has 0 saturated heterocycles. The summed E-state index contributed by atoms with van der Waals surface area (Å²) >= 11 is 0. The Kier molecular flexibility index (Phi) is 7.96. The summed E-state index contributed by atoms with van der Waals surface area (Å²) in [5, 5.41) is 9.18. The Morgan fingerprint density at radius 1 is 0.825 bits per heavy atom. The van der Waals surface area contributed by atoms with Gasteiger partial charge in [0.15, 0.2) is 0 Å². The minimum atomic E-state index is -3.78. The second-order valence-corrected chi connectivity index (χ2v) is 11.8. The van der Waals surface area contributed by atoms with Crippen LogP contribution in [-0.2, 0) is 23.0 Å². The van der Waals surface area contributed by atoms with E-state index in [1.54, 1.807) is 24.3 Å². The fraction of sp³-hybridized carbons (Fsp3) is 0.188. The minimum absolute atomic E-state index is 0.255. The van der Waals surface area contributed by atoms with Crippen molar-refractivity contribution in [3.63, 3.8) is 0 Å². The summed E-state index contributed by atoms with van der Waals surface area (Å²) in [6.45, 7) is 1.50. The molecule has 202 valence electrons. The van der Waals surface area contributed by atoms with Crippen molar-refractivity contribution in [2.75, 3.05) is 31.5 Å². The number of nitrogens with zero attached hydrogens (tertiary/aromatic N) is 5. The summed E-state index contributed by atoms with van der Waals surface area (Å²) in [6, 6.07) is 34.1. The second kappa shape index (κ2) is 11.7. The zero-order chi connectivity index (χ0) is 28.1. The molecule has 5 rings (SSSR count). The highest BCUT2D eigenvalue weighted by atomic mass is 32.2. The number of imidazole rings is 1. The Bertz CT molecular complexity index is 1740. The van der Waals surface area contributed by atoms with Gasteiger partial charge in [-0.3, -0.25) is 4.31 Å². The maximum absolute atomic E-state index is 13.7. The van der Waals surface area contributed by atoms with E-state index in [9.17, 15) is 13.7 Å². The molecule has 0 fully saturated rings. The van der Waals surface area contributed by atoms with Crippen molar-refractivity contribution >= 4 is 26.7 Å². The van der Waals surface area contributed by atoms with Crippen molar-refractivity contribution in [3.05, 3.63) is 126 Å². The van der Waals surface area contributed by atoms with Crippen LogP contribution in [0.15, 0.2) is 108 Å². The van der Waals surface area contributed by atoms with Crippen LogP contribution in [0, 0.1) is 11.3 Å². The molecule has 1 aromatic heterocycles. The van der Waals surface area contributed by atoms with Crippen LogP contribution < -0.4 is 4.31 Å². The van der Waals surface area contributed by atoms with Gasteiger partial charge in [0.05, 0.1) is 33.2 Å². The lowest BCUT2D eigenvalue weighted by Crippen LogP contribution is -2.36. The Morgan fingerprint density at radius 2 is 1.50 bits per heavy atom. The van der Waals surface area contributed by atoms with Gasteiger partial charge in [-0.2, -0.15) is 5.26 Å². The first-order valence-corrected chi connectivity index (χ1v) is 14.5. The van der Waals surface area contributed by atoms with Gasteiger partial charge in [0.25, 0.3) is 10.0 Å². The van der Waals surface area contributed by atoms with Crippen LogP contribution in [0.3, 0.4) is 0 Å². The molecule has 0 spiro atoms. The van der Waals surface area contributed by atoms with Gasteiger partial charge >= 0.3 is 0 Å². The number of sulfonamides is 1. The number of fused-ring (bicyclic) bond motifs is 1. The molecular formula is C32H31N5O2S. The normalized spacial score (nSPS) is 11.6. The summed E-state index contributed by atoms with van der Waals surface area (Å²) in [5.74, 6) is 0.867. The maximum atomic E-state index is 13.7. The quantitative estimate of drug-likeness (QED) is 0.236. The van der Waals surface area contributed by atoms with Crippen LogP contribution in [-0.4, -0.2) is 50.1 Å². The van der Waals surface area contributed by atoms with Crippen LogP contribution in [0.4, 0.5) is 5.69 Å². The molecule has 7 nitrogen and oxygen atoms in total. The van der Waals surface area contributed by atoms with Crippen molar-refractivity contribution < 1.29 is 8.42 Å². The van der Waals surface area contributed by atoms with Crippen LogP contribution in [0.2, 0.25) is 0 Å². The highest BCUT2D eigenvalue weighted by Gasteiger charge is 2.26. The zero-order valence-electron chi connectivity index (χ0n) is 22.6. The molecule has 0 radical (unpaired) electrons. The molecule has 0 amide bonds. The largest absolute Gasteiger partial charge is 0.323 e. The fourth-order valence-corrected chi connectivity index (χ4v) is 6.15. The molecule has 0 unspecified atom stereocenters. The maximum Gasteiger partial charge on any atom is 0.264 e. The summed E-state index contributed by atoms with van der Waals surface area (Å²) in [6.07, 6.45) is 0.579. The first kappa shape index (κ1) is 27.1. The van der Waals surface area contributed by atoms with Crippen molar-refractivity contribution in [1.82, 2.24) is 14.5 Å². The predicted molar refractivity (Wildman–Crippen MR) is 159 cm³/mol. The first-order valence-electron chi connectivity index (χ1n) is 13.1. The molecule has 0 atom stereocenters. The third kappa shape index (κ3) is 5.91. The van der Waals surface area contributed by atoms with Crippen LogP contribution >= 0.6 is 0 Å². The lowest BCUT2D eigenvalue weighted by molar-refractivity contribution is 0.419. The standard InChI is InChI=1S/C32H31N5O2S/c1-35(2)19-20-37(40(38,39)29-11-7-4-8-12-29)28-17-18-31-30(22-28)34-32(21-25-13-15-26(23-33)16-14-25)36(31)24-27-9-5-3-6-10-27/h3-18,22H,19-21,24H2,1-2H3. The molecule has 4 aromatic carbocycles. The number of hydrogen-bond donors (Lipinski definition) is 0. The number of rotatable bonds is 10. The van der Waals surface area contributed by atoms with Gasteiger partial charge in [-0.25, -0.2) is 13.4 Å². The van der Waals surface area contributed by atoms with Gasteiger partial charge in [0.1, 0.15) is 5.82 Å². The highest BCUT2D eigenvalue weighted by Crippen LogP contribution is 2.29. The second-order valence-electron chi connectivity index (χ2n) is 9.95. The minimum Gasteiger partial charge on any atom is -0.323 e. The fourth-order valence-electron chi connectivity index (χ4n) is 4.68. The zero-order valence-corrected chi connectivity index (χ0v) is 23.4. The number of hydrogen-bond acceptors (Lipinski definition) is 5. The predicted octanol–water partition coefficient (Wildman–Crippen LogP) is 5.30. The Morgan fingerprint density at radius 3 is 2.15 bits per heavy atom. The van der Waals surface area contributed by atoms with Crippen LogP contribution in [0.1, 0.15) is 22.5 Å². The molecule has 0 aliphatic rings. The smallest absolute Gasteiger partial charge is 0.264 e. The van der Waals surface area contributed by atoms with E-state index >= 15 is 0 Å². The lowest BCUT2D eigenvalue weighted by Gasteiger charge is -2.26. The van der Waals surface area contributed by atoms with E-state index in [1.807, 2.05) is 85.7 Å². The van der Waals surface area contributed by atoms with Crippen LogP contribution in [0.5, 0.6) is 0 Å². The summed E-state index contributed by atoms with van der Waals surface area (Å²) < 4.78 is 31.1. The van der Waals surface area contributed by atoms with E-state index in [0.29, 0.717) is 37.3 Å². The Labute approximate surface area is 235 Å². The molecule has 0 bridgehead atoms. The molecule has 0 aliphatic heterocycles. The SMILES string of the molecule is CN(C)CCN(c1ccc2c(c1)nc(Cc1ccc(C#N)cc1)n2Cc1ccccc1)S(=O)(=O)c1ccccc1. The van der Waals surface area contributed by atoms with Gasteiger partial charge in [-0.05, 0) is 67.7 Å². The highest BCUT2D eigenvalue weighted by molar-refractivity contribution is 7.92. The van der Waals surface area contributed by atoms with Crippen molar-refractivity contribution in [1.29, 1.82) is 5.26 Å². The molecule has 0 aliphatic carbocycles. The van der Waals surface area contributed by atoms with Crippen molar-refractivity contribution in [2.45, 2.75) is 17.9 Å². The number of nitriles is 1. The number of aromatic nitrogens is 2. The third-order valence-corrected chi connectivity index (χ3v) is 8.65. The summed E-state index contributed by atoms with van der Waals surface area (Å²) in [7, 11) is 0.0758. The van der Waals surface area contributed by atoms with Gasteiger partial charge in [-0.1, -0.05) is 60.7 Å². The molecule has 0 N–H and O–H groups in total. The number of likely N-dealkylation sites (N-methyl/N-ethyl adjacent to an activating group) is 1. The van der Waals surface area contributed by atoms with Gasteiger partial charge in [0.2, 0.25) is 0 Å². The third-order valence-electron chi connectivity index (χ3n) is 6.81. The van der Waals surface area contributed by atoms with Crippen molar-refractivity contribution in [3.8, 4) is 6.07 Å². The van der Waals surface area contributed by atoms with E-state index in [2.05, 4.69) is 22.8 Å². The molecule has 5 aromatic rings. The van der Waals surface area contributed by atoms with Gasteiger partial charge < -0.3 is 9.47 Å². The average Bonchev–Trinajstić information content (AvgIpc) is 3.30. The van der Waals surface area contributed by atoms with Gasteiger partial charge in [-0.15, -0.1) is 0 Å². The Hall–Kier alpha value is -4.45. The number of anilines is 1.